The SMILES string of the molecule is CCC(C)=NOc1nc(ON=C(C)CC)nc(ON=C(C)CC)n1. The summed E-state index contributed by atoms with van der Waals surface area (Å²) in [7, 11) is 0. The normalized spacial score (nSPS) is 13.0. The molecule has 1 aromatic heterocycles. The fraction of sp³-hybridized carbons (Fsp3) is 0.600. The van der Waals surface area contributed by atoms with Gasteiger partial charge in [-0.05, 0) is 40.0 Å². The average molecular weight is 336 g/mol. The maximum Gasteiger partial charge on any atom is 0.355 e. The summed E-state index contributed by atoms with van der Waals surface area (Å²) in [6, 6.07) is -0.176. The van der Waals surface area contributed by atoms with Crippen molar-refractivity contribution < 1.29 is 14.5 Å². The Labute approximate surface area is 141 Å². The monoisotopic (exact) mass is 336 g/mol. The van der Waals surface area contributed by atoms with Gasteiger partial charge >= 0.3 is 18.0 Å². The number of hydrogen-bond acceptors (Lipinski definition) is 9. The number of hydrogen-bond donors (Lipinski definition) is 0. The van der Waals surface area contributed by atoms with E-state index in [2.05, 4.69) is 30.4 Å². The molecule has 24 heavy (non-hydrogen) atoms. The molecule has 0 atom stereocenters. The maximum atomic E-state index is 5.18. The first-order valence-corrected chi connectivity index (χ1v) is 7.85. The lowest BCUT2D eigenvalue weighted by Crippen LogP contribution is -2.04. The summed E-state index contributed by atoms with van der Waals surface area (Å²) in [5.74, 6) is 0. The zero-order valence-corrected chi connectivity index (χ0v) is 15.0. The minimum atomic E-state index is -0.0588. The third-order valence-corrected chi connectivity index (χ3v) is 2.96. The van der Waals surface area contributed by atoms with Gasteiger partial charge in [-0.2, -0.15) is 0 Å². The Hall–Kier alpha value is -2.58. The molecule has 0 spiro atoms. The van der Waals surface area contributed by atoms with Crippen molar-refractivity contribution in [2.45, 2.75) is 60.8 Å². The van der Waals surface area contributed by atoms with E-state index in [1.165, 1.54) is 0 Å². The van der Waals surface area contributed by atoms with Gasteiger partial charge in [0.15, 0.2) is 0 Å². The minimum Gasteiger partial charge on any atom is -0.315 e. The highest BCUT2D eigenvalue weighted by Crippen LogP contribution is 2.16. The predicted molar refractivity (Wildman–Crippen MR) is 91.9 cm³/mol. The van der Waals surface area contributed by atoms with Crippen molar-refractivity contribution in [1.82, 2.24) is 15.0 Å². The van der Waals surface area contributed by atoms with E-state index in [4.69, 9.17) is 14.5 Å². The summed E-state index contributed by atoms with van der Waals surface area (Å²) < 4.78 is 0. The van der Waals surface area contributed by atoms with Gasteiger partial charge in [0.25, 0.3) is 0 Å². The van der Waals surface area contributed by atoms with E-state index in [0.29, 0.717) is 0 Å². The molecule has 0 amide bonds. The van der Waals surface area contributed by atoms with Crippen molar-refractivity contribution in [3.05, 3.63) is 0 Å². The highest BCUT2D eigenvalue weighted by atomic mass is 16.7. The van der Waals surface area contributed by atoms with Crippen LogP contribution in [-0.4, -0.2) is 32.1 Å². The van der Waals surface area contributed by atoms with Gasteiger partial charge in [0.2, 0.25) is 0 Å². The molecular formula is C15H24N6O3. The molecule has 132 valence electrons. The summed E-state index contributed by atoms with van der Waals surface area (Å²) in [4.78, 5) is 27.5. The van der Waals surface area contributed by atoms with E-state index in [-0.39, 0.29) is 18.0 Å². The fourth-order valence-electron chi connectivity index (χ4n) is 0.993. The third-order valence-electron chi connectivity index (χ3n) is 2.96. The first-order valence-electron chi connectivity index (χ1n) is 7.85. The van der Waals surface area contributed by atoms with Gasteiger partial charge in [-0.25, -0.2) is 0 Å². The van der Waals surface area contributed by atoms with E-state index in [9.17, 15) is 0 Å². The Morgan fingerprint density at radius 1 is 0.625 bits per heavy atom. The summed E-state index contributed by atoms with van der Waals surface area (Å²) in [6.45, 7) is 11.4. The second-order valence-electron chi connectivity index (χ2n) is 5.00. The van der Waals surface area contributed by atoms with E-state index >= 15 is 0 Å². The van der Waals surface area contributed by atoms with Crippen LogP contribution in [-0.2, 0) is 0 Å². The predicted octanol–water partition coefficient (Wildman–Crippen LogP) is 3.37. The van der Waals surface area contributed by atoms with Crippen molar-refractivity contribution in [3.8, 4) is 18.0 Å². The Bertz CT molecular complexity index is 530. The molecule has 1 aromatic rings. The van der Waals surface area contributed by atoms with Gasteiger partial charge in [0, 0.05) is 0 Å². The van der Waals surface area contributed by atoms with E-state index in [1.807, 2.05) is 41.5 Å². The van der Waals surface area contributed by atoms with Crippen LogP contribution in [0.2, 0.25) is 0 Å². The molecule has 0 fully saturated rings. The quantitative estimate of drug-likeness (QED) is 0.506. The van der Waals surface area contributed by atoms with Crippen LogP contribution in [0.4, 0.5) is 0 Å². The van der Waals surface area contributed by atoms with Crippen molar-refractivity contribution in [2.75, 3.05) is 0 Å². The topological polar surface area (TPSA) is 103 Å². The fourth-order valence-corrected chi connectivity index (χ4v) is 0.993. The van der Waals surface area contributed by atoms with E-state index < -0.39 is 0 Å². The Morgan fingerprint density at radius 3 is 1.08 bits per heavy atom. The molecule has 9 nitrogen and oxygen atoms in total. The van der Waals surface area contributed by atoms with Crippen LogP contribution < -0.4 is 14.5 Å². The van der Waals surface area contributed by atoms with E-state index in [1.54, 1.807) is 0 Å². The van der Waals surface area contributed by atoms with Gasteiger partial charge < -0.3 is 14.5 Å². The molecule has 0 N–H and O–H groups in total. The third kappa shape index (κ3) is 7.12. The standard InChI is InChI=1S/C15H24N6O3/c1-7-10(4)19-22-13-16-14(23-20-11(5)8-2)18-15(17-13)24-21-12(6)9-3/h7-9H2,1-6H3. The first-order chi connectivity index (χ1) is 11.5. The molecule has 9 heteroatoms. The molecule has 0 aliphatic rings. The molecule has 0 radical (unpaired) electrons. The number of nitrogens with zero attached hydrogens (tertiary/aromatic N) is 6. The molecule has 0 bridgehead atoms. The van der Waals surface area contributed by atoms with Crippen LogP contribution >= 0.6 is 0 Å². The van der Waals surface area contributed by atoms with Crippen molar-refractivity contribution in [2.24, 2.45) is 15.5 Å². The summed E-state index contributed by atoms with van der Waals surface area (Å²) in [6.07, 6.45) is 2.24. The molecule has 1 rings (SSSR count). The zero-order valence-electron chi connectivity index (χ0n) is 15.0. The van der Waals surface area contributed by atoms with Crippen LogP contribution in [0.1, 0.15) is 60.8 Å². The lowest BCUT2D eigenvalue weighted by Gasteiger charge is -2.03. The molecule has 0 aliphatic heterocycles. The molecule has 0 saturated carbocycles. The van der Waals surface area contributed by atoms with Gasteiger partial charge in [-0.1, -0.05) is 36.2 Å². The van der Waals surface area contributed by atoms with Crippen LogP contribution in [0.5, 0.6) is 18.0 Å². The molecule has 0 saturated heterocycles. The molecule has 0 aliphatic carbocycles. The second kappa shape index (κ2) is 10.2. The molecule has 0 aromatic carbocycles. The Balaban J connectivity index is 3.04. The lowest BCUT2D eigenvalue weighted by atomic mass is 10.3. The van der Waals surface area contributed by atoms with Gasteiger partial charge in [0.1, 0.15) is 0 Å². The van der Waals surface area contributed by atoms with Crippen molar-refractivity contribution >= 4 is 17.1 Å². The first kappa shape index (κ1) is 19.5. The second-order valence-corrected chi connectivity index (χ2v) is 5.00. The Morgan fingerprint density at radius 2 is 0.875 bits per heavy atom. The van der Waals surface area contributed by atoms with Crippen LogP contribution in [0.15, 0.2) is 15.5 Å². The smallest absolute Gasteiger partial charge is 0.315 e. The van der Waals surface area contributed by atoms with Crippen LogP contribution in [0, 0.1) is 0 Å². The van der Waals surface area contributed by atoms with Gasteiger partial charge in [-0.3, -0.25) is 0 Å². The van der Waals surface area contributed by atoms with E-state index in [0.717, 1.165) is 36.4 Å². The number of aromatic nitrogens is 3. The highest BCUT2D eigenvalue weighted by molar-refractivity contribution is 5.81. The average Bonchev–Trinajstić information content (AvgIpc) is 2.61. The minimum absolute atomic E-state index is 0.0588. The van der Waals surface area contributed by atoms with Gasteiger partial charge in [0.05, 0.1) is 17.1 Å². The van der Waals surface area contributed by atoms with Crippen LogP contribution in [0.3, 0.4) is 0 Å². The maximum absolute atomic E-state index is 5.18. The Kier molecular flexibility index (Phi) is 8.31. The number of rotatable bonds is 9. The molecule has 1 heterocycles. The summed E-state index contributed by atoms with van der Waals surface area (Å²) in [5.41, 5.74) is 2.38. The number of oxime groups is 3. The summed E-state index contributed by atoms with van der Waals surface area (Å²) in [5, 5.41) is 11.7. The lowest BCUT2D eigenvalue weighted by molar-refractivity contribution is 0.249. The van der Waals surface area contributed by atoms with Crippen LogP contribution in [0.25, 0.3) is 0 Å². The largest absolute Gasteiger partial charge is 0.355 e. The molecular weight excluding hydrogens is 312 g/mol. The van der Waals surface area contributed by atoms with Gasteiger partial charge in [-0.15, -0.1) is 15.0 Å². The van der Waals surface area contributed by atoms with Crippen molar-refractivity contribution in [3.63, 3.8) is 0 Å². The molecule has 0 unspecified atom stereocenters. The summed E-state index contributed by atoms with van der Waals surface area (Å²) >= 11 is 0. The highest BCUT2D eigenvalue weighted by Gasteiger charge is 2.11. The van der Waals surface area contributed by atoms with Crippen molar-refractivity contribution in [1.29, 1.82) is 0 Å². The zero-order chi connectivity index (χ0) is 17.9.